The molecule has 1 saturated heterocycles. The van der Waals surface area contributed by atoms with Crippen LogP contribution in [0.4, 0.5) is 0 Å². The summed E-state index contributed by atoms with van der Waals surface area (Å²) in [6.45, 7) is 7.44. The lowest BCUT2D eigenvalue weighted by Gasteiger charge is -2.29. The Morgan fingerprint density at radius 3 is 2.38 bits per heavy atom. The van der Waals surface area contributed by atoms with Crippen molar-refractivity contribution in [2.75, 3.05) is 13.2 Å². The van der Waals surface area contributed by atoms with E-state index in [0.29, 0.717) is 24.9 Å². The van der Waals surface area contributed by atoms with Gasteiger partial charge >= 0.3 is 0 Å². The molecule has 0 saturated carbocycles. The minimum absolute atomic E-state index is 0.132. The topological polar surface area (TPSA) is 74.2 Å². The molecule has 16 heavy (non-hydrogen) atoms. The van der Waals surface area contributed by atoms with Gasteiger partial charge in [-0.2, -0.15) is 4.98 Å². The average molecular weight is 225 g/mol. The lowest BCUT2D eigenvalue weighted by molar-refractivity contribution is 0.0484. The highest BCUT2D eigenvalue weighted by Gasteiger charge is 2.36. The quantitative estimate of drug-likeness (QED) is 0.780. The van der Waals surface area contributed by atoms with E-state index in [-0.39, 0.29) is 5.41 Å². The number of ether oxygens (including phenoxy) is 1. The molecule has 1 aromatic rings. The highest BCUT2D eigenvalue weighted by Crippen LogP contribution is 2.29. The third kappa shape index (κ3) is 2.10. The second-order valence-electron chi connectivity index (χ2n) is 5.44. The molecule has 5 nitrogen and oxygen atoms in total. The molecule has 2 N–H and O–H groups in total. The van der Waals surface area contributed by atoms with Crippen molar-refractivity contribution in [3.8, 4) is 0 Å². The van der Waals surface area contributed by atoms with E-state index in [1.807, 2.05) is 20.8 Å². The largest absolute Gasteiger partial charge is 0.381 e. The van der Waals surface area contributed by atoms with E-state index in [1.165, 1.54) is 0 Å². The molecule has 1 aliphatic rings. The second-order valence-corrected chi connectivity index (χ2v) is 5.44. The Bertz CT molecular complexity index is 362. The smallest absolute Gasteiger partial charge is 0.232 e. The Balaban J connectivity index is 2.24. The zero-order valence-corrected chi connectivity index (χ0v) is 10.1. The average Bonchev–Trinajstić information content (AvgIpc) is 2.67. The normalized spacial score (nSPS) is 21.0. The first-order chi connectivity index (χ1) is 7.42. The molecule has 0 radical (unpaired) electrons. The van der Waals surface area contributed by atoms with Gasteiger partial charge in [-0.15, -0.1) is 0 Å². The number of nitrogens with two attached hydrogens (primary N) is 1. The Morgan fingerprint density at radius 1 is 1.25 bits per heavy atom. The fraction of sp³-hybridized carbons (Fsp3) is 0.818. The van der Waals surface area contributed by atoms with Crippen LogP contribution in [0.25, 0.3) is 0 Å². The van der Waals surface area contributed by atoms with Gasteiger partial charge in [0.25, 0.3) is 0 Å². The van der Waals surface area contributed by atoms with Crippen molar-refractivity contribution >= 4 is 0 Å². The molecule has 0 spiro atoms. The van der Waals surface area contributed by atoms with Gasteiger partial charge in [-0.3, -0.25) is 0 Å². The molecule has 0 bridgehead atoms. The summed E-state index contributed by atoms with van der Waals surface area (Å²) in [6, 6.07) is 0. The van der Waals surface area contributed by atoms with Crippen molar-refractivity contribution in [1.82, 2.24) is 10.1 Å². The van der Waals surface area contributed by atoms with Gasteiger partial charge in [0.2, 0.25) is 5.89 Å². The third-order valence-corrected chi connectivity index (χ3v) is 2.90. The van der Waals surface area contributed by atoms with E-state index in [2.05, 4.69) is 10.1 Å². The molecule has 5 heteroatoms. The highest BCUT2D eigenvalue weighted by molar-refractivity contribution is 5.08. The molecular weight excluding hydrogens is 206 g/mol. The van der Waals surface area contributed by atoms with Crippen LogP contribution in [-0.4, -0.2) is 23.4 Å². The van der Waals surface area contributed by atoms with E-state index in [0.717, 1.165) is 12.8 Å². The van der Waals surface area contributed by atoms with Crippen LogP contribution in [0.15, 0.2) is 4.52 Å². The van der Waals surface area contributed by atoms with Crippen LogP contribution in [0.3, 0.4) is 0 Å². The van der Waals surface area contributed by atoms with Crippen molar-refractivity contribution in [3.05, 3.63) is 11.7 Å². The lowest BCUT2D eigenvalue weighted by atomic mass is 9.90. The number of aromatic nitrogens is 2. The van der Waals surface area contributed by atoms with Crippen LogP contribution in [0, 0.1) is 0 Å². The maximum Gasteiger partial charge on any atom is 0.232 e. The Labute approximate surface area is 95.3 Å². The summed E-state index contributed by atoms with van der Waals surface area (Å²) in [5.74, 6) is 1.25. The van der Waals surface area contributed by atoms with Gasteiger partial charge in [-0.1, -0.05) is 25.9 Å². The van der Waals surface area contributed by atoms with Crippen molar-refractivity contribution < 1.29 is 9.26 Å². The summed E-state index contributed by atoms with van der Waals surface area (Å²) in [6.07, 6.45) is 1.49. The van der Waals surface area contributed by atoms with E-state index in [4.69, 9.17) is 15.0 Å². The molecule has 1 aromatic heterocycles. The fourth-order valence-corrected chi connectivity index (χ4v) is 1.69. The third-order valence-electron chi connectivity index (χ3n) is 2.90. The van der Waals surface area contributed by atoms with Crippen molar-refractivity contribution in [1.29, 1.82) is 0 Å². The van der Waals surface area contributed by atoms with Gasteiger partial charge in [0.1, 0.15) is 0 Å². The standard InChI is InChI=1S/C11H19N3O2/c1-10(2,3)9-13-8(14-16-9)11(12)4-6-15-7-5-11/h4-7,12H2,1-3H3. The maximum absolute atomic E-state index is 6.27. The summed E-state index contributed by atoms with van der Waals surface area (Å²) in [4.78, 5) is 4.42. The Morgan fingerprint density at radius 2 is 1.88 bits per heavy atom. The summed E-state index contributed by atoms with van der Waals surface area (Å²) >= 11 is 0. The number of hydrogen-bond acceptors (Lipinski definition) is 5. The molecule has 0 atom stereocenters. The minimum Gasteiger partial charge on any atom is -0.381 e. The van der Waals surface area contributed by atoms with E-state index < -0.39 is 5.54 Å². The van der Waals surface area contributed by atoms with Crippen LogP contribution in [0.2, 0.25) is 0 Å². The number of rotatable bonds is 1. The first kappa shape index (κ1) is 11.5. The van der Waals surface area contributed by atoms with Gasteiger partial charge in [-0.05, 0) is 12.8 Å². The predicted octanol–water partition coefficient (Wildman–Crippen LogP) is 1.33. The van der Waals surface area contributed by atoms with Crippen molar-refractivity contribution in [2.45, 2.75) is 44.6 Å². The summed E-state index contributed by atoms with van der Waals surface area (Å²) in [7, 11) is 0. The summed E-state index contributed by atoms with van der Waals surface area (Å²) in [5.41, 5.74) is 5.66. The summed E-state index contributed by atoms with van der Waals surface area (Å²) < 4.78 is 10.6. The fourth-order valence-electron chi connectivity index (χ4n) is 1.69. The predicted molar refractivity (Wildman–Crippen MR) is 58.9 cm³/mol. The zero-order chi connectivity index (χ0) is 11.8. The monoisotopic (exact) mass is 225 g/mol. The lowest BCUT2D eigenvalue weighted by Crippen LogP contribution is -2.43. The molecule has 90 valence electrons. The second kappa shape index (κ2) is 3.82. The number of hydrogen-bond donors (Lipinski definition) is 1. The van der Waals surface area contributed by atoms with Gasteiger partial charge < -0.3 is 15.0 Å². The van der Waals surface area contributed by atoms with Gasteiger partial charge in [0, 0.05) is 18.6 Å². The van der Waals surface area contributed by atoms with Crippen LogP contribution < -0.4 is 5.73 Å². The molecule has 0 aliphatic carbocycles. The summed E-state index contributed by atoms with van der Waals surface area (Å²) in [5, 5.41) is 4.01. The Kier molecular flexibility index (Phi) is 2.75. The molecular formula is C11H19N3O2. The molecule has 2 rings (SSSR count). The van der Waals surface area contributed by atoms with Crippen LogP contribution in [-0.2, 0) is 15.7 Å². The van der Waals surface area contributed by atoms with E-state index >= 15 is 0 Å². The SMILES string of the molecule is CC(C)(C)c1nc(C2(N)CCOCC2)no1. The Hall–Kier alpha value is -0.940. The maximum atomic E-state index is 6.27. The molecule has 0 amide bonds. The van der Waals surface area contributed by atoms with Crippen LogP contribution in [0.1, 0.15) is 45.3 Å². The molecule has 2 heterocycles. The van der Waals surface area contributed by atoms with Crippen molar-refractivity contribution in [2.24, 2.45) is 5.73 Å². The first-order valence-corrected chi connectivity index (χ1v) is 5.63. The zero-order valence-electron chi connectivity index (χ0n) is 10.1. The molecule has 0 aromatic carbocycles. The highest BCUT2D eigenvalue weighted by atomic mass is 16.5. The van der Waals surface area contributed by atoms with Gasteiger partial charge in [-0.25, -0.2) is 0 Å². The molecule has 1 fully saturated rings. The molecule has 1 aliphatic heterocycles. The van der Waals surface area contributed by atoms with Crippen molar-refractivity contribution in [3.63, 3.8) is 0 Å². The van der Waals surface area contributed by atoms with Gasteiger partial charge in [0.15, 0.2) is 5.82 Å². The van der Waals surface area contributed by atoms with E-state index in [1.54, 1.807) is 0 Å². The first-order valence-electron chi connectivity index (χ1n) is 5.63. The molecule has 0 unspecified atom stereocenters. The van der Waals surface area contributed by atoms with Crippen LogP contribution >= 0.6 is 0 Å². The minimum atomic E-state index is -0.481. The number of nitrogens with zero attached hydrogens (tertiary/aromatic N) is 2. The van der Waals surface area contributed by atoms with E-state index in [9.17, 15) is 0 Å². The van der Waals surface area contributed by atoms with Crippen LogP contribution in [0.5, 0.6) is 0 Å². The van der Waals surface area contributed by atoms with Gasteiger partial charge in [0.05, 0.1) is 5.54 Å².